The number of halogens is 1. The zero-order valence-electron chi connectivity index (χ0n) is 14.4. The highest BCUT2D eigenvalue weighted by atomic mass is 35.5. The molecule has 0 radical (unpaired) electrons. The van der Waals surface area contributed by atoms with Gasteiger partial charge >= 0.3 is 0 Å². The Morgan fingerprint density at radius 3 is 2.58 bits per heavy atom. The van der Waals surface area contributed by atoms with Crippen LogP contribution in [0, 0.1) is 0 Å². The molecule has 0 aliphatic carbocycles. The van der Waals surface area contributed by atoms with E-state index in [0.717, 1.165) is 24.9 Å². The minimum absolute atomic E-state index is 0. The van der Waals surface area contributed by atoms with E-state index in [2.05, 4.69) is 10.6 Å². The van der Waals surface area contributed by atoms with Crippen molar-refractivity contribution in [2.24, 2.45) is 0 Å². The molecule has 1 fully saturated rings. The number of nitrogens with one attached hydrogen (secondary N) is 2. The molecule has 1 saturated heterocycles. The van der Waals surface area contributed by atoms with E-state index < -0.39 is 9.84 Å². The second kappa shape index (κ2) is 9.16. The molecule has 1 aliphatic rings. The van der Waals surface area contributed by atoms with Gasteiger partial charge < -0.3 is 10.6 Å². The Kier molecular flexibility index (Phi) is 7.20. The fraction of sp³-hybridized carbons (Fsp3) is 0.316. The van der Waals surface area contributed by atoms with Gasteiger partial charge in [-0.1, -0.05) is 36.4 Å². The minimum atomic E-state index is -3.49. The van der Waals surface area contributed by atoms with Crippen LogP contribution in [0.15, 0.2) is 59.5 Å². The van der Waals surface area contributed by atoms with Gasteiger partial charge in [-0.25, -0.2) is 8.42 Å². The fourth-order valence-corrected chi connectivity index (χ4v) is 4.35. The van der Waals surface area contributed by atoms with Crippen LogP contribution in [-0.4, -0.2) is 33.5 Å². The minimum Gasteiger partial charge on any atom is -0.350 e. The number of hydrogen-bond acceptors (Lipinski definition) is 4. The molecular weight excluding hydrogens is 372 g/mol. The molecule has 2 N–H and O–H groups in total. The quantitative estimate of drug-likeness (QED) is 0.789. The van der Waals surface area contributed by atoms with Crippen LogP contribution in [0.4, 0.5) is 0 Å². The third kappa shape index (κ3) is 5.30. The summed E-state index contributed by atoms with van der Waals surface area (Å²) in [6, 6.07) is 15.6. The average molecular weight is 395 g/mol. The molecule has 1 aliphatic heterocycles. The SMILES string of the molecule is Cl.O=C(NCC1CCCN1)c1cccc(S(=O)(=O)Cc2ccccc2)c1. The number of amides is 1. The number of carbonyl (C=O) groups excluding carboxylic acids is 1. The predicted octanol–water partition coefficient (Wildman–Crippen LogP) is 2.56. The van der Waals surface area contributed by atoms with Crippen molar-refractivity contribution in [2.45, 2.75) is 29.5 Å². The van der Waals surface area contributed by atoms with Crippen LogP contribution < -0.4 is 10.6 Å². The monoisotopic (exact) mass is 394 g/mol. The molecule has 1 heterocycles. The van der Waals surface area contributed by atoms with Gasteiger partial charge in [0.15, 0.2) is 9.84 Å². The van der Waals surface area contributed by atoms with E-state index in [9.17, 15) is 13.2 Å². The Balaban J connectivity index is 0.00000243. The first-order valence-electron chi connectivity index (χ1n) is 8.43. The molecule has 0 spiro atoms. The van der Waals surface area contributed by atoms with Crippen LogP contribution in [-0.2, 0) is 15.6 Å². The summed E-state index contributed by atoms with van der Waals surface area (Å²) in [5.41, 5.74) is 1.09. The lowest BCUT2D eigenvalue weighted by molar-refractivity contribution is 0.0950. The summed E-state index contributed by atoms with van der Waals surface area (Å²) < 4.78 is 25.2. The van der Waals surface area contributed by atoms with E-state index in [1.165, 1.54) is 12.1 Å². The van der Waals surface area contributed by atoms with Gasteiger partial charge in [0.1, 0.15) is 0 Å². The highest BCUT2D eigenvalue weighted by molar-refractivity contribution is 7.90. The van der Waals surface area contributed by atoms with Crippen molar-refractivity contribution in [2.75, 3.05) is 13.1 Å². The summed E-state index contributed by atoms with van der Waals surface area (Å²) >= 11 is 0. The maximum Gasteiger partial charge on any atom is 0.251 e. The number of rotatable bonds is 6. The molecule has 0 bridgehead atoms. The lowest BCUT2D eigenvalue weighted by Crippen LogP contribution is -2.37. The molecular formula is C19H23ClN2O3S. The van der Waals surface area contributed by atoms with Gasteiger partial charge in [-0.05, 0) is 43.1 Å². The van der Waals surface area contributed by atoms with Crippen LogP contribution in [0.1, 0.15) is 28.8 Å². The van der Waals surface area contributed by atoms with Crippen molar-refractivity contribution in [3.63, 3.8) is 0 Å². The van der Waals surface area contributed by atoms with Crippen molar-refractivity contribution in [3.05, 3.63) is 65.7 Å². The first-order valence-corrected chi connectivity index (χ1v) is 10.1. The summed E-state index contributed by atoms with van der Waals surface area (Å²) in [6.07, 6.45) is 2.17. The second-order valence-corrected chi connectivity index (χ2v) is 8.27. The molecule has 2 aromatic rings. The van der Waals surface area contributed by atoms with Crippen LogP contribution in [0.2, 0.25) is 0 Å². The van der Waals surface area contributed by atoms with Gasteiger partial charge in [-0.3, -0.25) is 4.79 Å². The molecule has 0 aromatic heterocycles. The zero-order valence-corrected chi connectivity index (χ0v) is 16.0. The molecule has 0 saturated carbocycles. The first-order chi connectivity index (χ1) is 12.0. The van der Waals surface area contributed by atoms with E-state index in [0.29, 0.717) is 18.2 Å². The van der Waals surface area contributed by atoms with E-state index in [1.807, 2.05) is 18.2 Å². The van der Waals surface area contributed by atoms with Gasteiger partial charge in [-0.2, -0.15) is 0 Å². The smallest absolute Gasteiger partial charge is 0.251 e. The molecule has 5 nitrogen and oxygen atoms in total. The van der Waals surface area contributed by atoms with Crippen LogP contribution in [0.5, 0.6) is 0 Å². The largest absolute Gasteiger partial charge is 0.350 e. The highest BCUT2D eigenvalue weighted by Crippen LogP contribution is 2.18. The van der Waals surface area contributed by atoms with Crippen molar-refractivity contribution < 1.29 is 13.2 Å². The average Bonchev–Trinajstić information content (AvgIpc) is 3.14. The Hall–Kier alpha value is -1.89. The molecule has 7 heteroatoms. The van der Waals surface area contributed by atoms with Crippen molar-refractivity contribution >= 4 is 28.2 Å². The third-order valence-electron chi connectivity index (χ3n) is 4.33. The Morgan fingerprint density at radius 2 is 1.88 bits per heavy atom. The molecule has 1 unspecified atom stereocenters. The van der Waals surface area contributed by atoms with Gasteiger partial charge in [0.05, 0.1) is 10.6 Å². The van der Waals surface area contributed by atoms with E-state index >= 15 is 0 Å². The summed E-state index contributed by atoms with van der Waals surface area (Å²) in [4.78, 5) is 12.5. The first kappa shape index (κ1) is 20.4. The normalized spacial score (nSPS) is 16.7. The van der Waals surface area contributed by atoms with Crippen molar-refractivity contribution in [1.82, 2.24) is 10.6 Å². The standard InChI is InChI=1S/C19H22N2O3S.ClH/c22-19(21-13-17-9-5-11-20-17)16-8-4-10-18(12-16)25(23,24)14-15-6-2-1-3-7-15;/h1-4,6-8,10,12,17,20H,5,9,11,13-14H2,(H,21,22);1H. The maximum atomic E-state index is 12.6. The lowest BCUT2D eigenvalue weighted by atomic mass is 10.2. The topological polar surface area (TPSA) is 75.3 Å². The van der Waals surface area contributed by atoms with E-state index in [4.69, 9.17) is 0 Å². The number of benzene rings is 2. The van der Waals surface area contributed by atoms with Gasteiger partial charge in [0.2, 0.25) is 0 Å². The predicted molar refractivity (Wildman–Crippen MR) is 104 cm³/mol. The van der Waals surface area contributed by atoms with E-state index in [-0.39, 0.29) is 29.0 Å². The van der Waals surface area contributed by atoms with Crippen LogP contribution in [0.25, 0.3) is 0 Å². The Bertz CT molecular complexity index is 835. The molecule has 1 atom stereocenters. The van der Waals surface area contributed by atoms with Gasteiger partial charge in [0, 0.05) is 18.2 Å². The zero-order chi connectivity index (χ0) is 17.7. The van der Waals surface area contributed by atoms with E-state index in [1.54, 1.807) is 24.3 Å². The summed E-state index contributed by atoms with van der Waals surface area (Å²) in [5.74, 6) is -0.323. The fourth-order valence-electron chi connectivity index (χ4n) is 2.96. The molecule has 26 heavy (non-hydrogen) atoms. The summed E-state index contributed by atoms with van der Waals surface area (Å²) in [7, 11) is -3.49. The van der Waals surface area contributed by atoms with Crippen molar-refractivity contribution in [1.29, 1.82) is 0 Å². The Labute approximate surface area is 160 Å². The van der Waals surface area contributed by atoms with Crippen molar-refractivity contribution in [3.8, 4) is 0 Å². The summed E-state index contributed by atoms with van der Waals surface area (Å²) in [6.45, 7) is 1.54. The molecule has 1 amide bonds. The number of carbonyl (C=O) groups is 1. The number of hydrogen-bond donors (Lipinski definition) is 2. The number of sulfone groups is 1. The van der Waals surface area contributed by atoms with Gasteiger partial charge in [0.25, 0.3) is 5.91 Å². The second-order valence-electron chi connectivity index (χ2n) is 6.28. The van der Waals surface area contributed by atoms with Crippen LogP contribution >= 0.6 is 12.4 Å². The van der Waals surface area contributed by atoms with Gasteiger partial charge in [-0.15, -0.1) is 12.4 Å². The Morgan fingerprint density at radius 1 is 1.12 bits per heavy atom. The highest BCUT2D eigenvalue weighted by Gasteiger charge is 2.18. The molecule has 2 aromatic carbocycles. The van der Waals surface area contributed by atoms with Crippen LogP contribution in [0.3, 0.4) is 0 Å². The molecule has 3 rings (SSSR count). The maximum absolute atomic E-state index is 12.6. The third-order valence-corrected chi connectivity index (χ3v) is 6.01. The molecule has 140 valence electrons. The summed E-state index contributed by atoms with van der Waals surface area (Å²) in [5, 5.41) is 6.19. The lowest BCUT2D eigenvalue weighted by Gasteiger charge is -2.12.